The van der Waals surface area contributed by atoms with Crippen LogP contribution in [0, 0.1) is 11.8 Å². The quantitative estimate of drug-likeness (QED) is 0.490. The molecule has 0 unspecified atom stereocenters. The maximum Gasteiger partial charge on any atom is 0.182 e. The zero-order valence-corrected chi connectivity index (χ0v) is 7.40. The van der Waals surface area contributed by atoms with Gasteiger partial charge >= 0.3 is 0 Å². The first-order valence-electron chi connectivity index (χ1n) is 3.61. The molecule has 0 saturated heterocycles. The van der Waals surface area contributed by atoms with Crippen molar-refractivity contribution in [1.82, 2.24) is 4.98 Å². The Morgan fingerprint density at radius 1 is 1.58 bits per heavy atom. The van der Waals surface area contributed by atoms with Crippen LogP contribution in [0.4, 0.5) is 0 Å². The van der Waals surface area contributed by atoms with Crippen molar-refractivity contribution in [3.63, 3.8) is 0 Å². The molecule has 2 nitrogen and oxygen atoms in total. The lowest BCUT2D eigenvalue weighted by molar-refractivity contribution is 1.25. The number of aromatic nitrogens is 1. The van der Waals surface area contributed by atoms with Crippen molar-refractivity contribution in [2.45, 2.75) is 6.42 Å². The Morgan fingerprint density at radius 3 is 3.08 bits per heavy atom. The minimum atomic E-state index is -0.0241. The van der Waals surface area contributed by atoms with Crippen molar-refractivity contribution in [1.29, 1.82) is 0 Å². The molecule has 1 aromatic rings. The Bertz CT molecular complexity index is 359. The lowest BCUT2D eigenvalue weighted by atomic mass is 10.3. The zero-order valence-electron chi connectivity index (χ0n) is 6.50. The van der Waals surface area contributed by atoms with Gasteiger partial charge in [-0.15, -0.1) is 0 Å². The molecule has 1 heterocycles. The van der Waals surface area contributed by atoms with Crippen molar-refractivity contribution in [2.75, 3.05) is 5.75 Å². The highest BCUT2D eigenvalue weighted by Crippen LogP contribution is 1.85. The maximum atomic E-state index is 10.8. The van der Waals surface area contributed by atoms with E-state index in [9.17, 15) is 4.79 Å². The Hall–Kier alpha value is -1.14. The first-order valence-corrected chi connectivity index (χ1v) is 4.24. The molecule has 0 fully saturated rings. The van der Waals surface area contributed by atoms with E-state index in [1.165, 1.54) is 12.1 Å². The van der Waals surface area contributed by atoms with E-state index in [1.807, 2.05) is 0 Å². The van der Waals surface area contributed by atoms with Crippen LogP contribution in [-0.2, 0) is 0 Å². The fourth-order valence-electron chi connectivity index (χ4n) is 0.731. The van der Waals surface area contributed by atoms with E-state index in [4.69, 9.17) is 0 Å². The minimum Gasteiger partial charge on any atom is -0.355 e. The zero-order chi connectivity index (χ0) is 8.81. The lowest BCUT2D eigenvalue weighted by Crippen LogP contribution is -1.97. The number of hydrogen-bond acceptors (Lipinski definition) is 2. The van der Waals surface area contributed by atoms with E-state index in [0.717, 1.165) is 12.2 Å². The minimum absolute atomic E-state index is 0.0241. The second kappa shape index (κ2) is 4.68. The second-order valence-corrected chi connectivity index (χ2v) is 2.66. The third-order valence-electron chi connectivity index (χ3n) is 1.23. The summed E-state index contributed by atoms with van der Waals surface area (Å²) in [5.41, 5.74) is 0.633. The van der Waals surface area contributed by atoms with Crippen molar-refractivity contribution in [3.05, 3.63) is 34.2 Å². The topological polar surface area (TPSA) is 32.9 Å². The highest BCUT2D eigenvalue weighted by Gasteiger charge is 1.85. The molecule has 0 bridgehead atoms. The molecule has 0 spiro atoms. The summed E-state index contributed by atoms with van der Waals surface area (Å²) in [7, 11) is 0. The maximum absolute atomic E-state index is 10.8. The van der Waals surface area contributed by atoms with Gasteiger partial charge in [-0.05, 0) is 5.92 Å². The molecular formula is C9H9NOS. The summed E-state index contributed by atoms with van der Waals surface area (Å²) < 4.78 is 0. The first kappa shape index (κ1) is 8.95. The van der Waals surface area contributed by atoms with Crippen LogP contribution in [-0.4, -0.2) is 10.7 Å². The van der Waals surface area contributed by atoms with Gasteiger partial charge in [0.15, 0.2) is 5.43 Å². The summed E-state index contributed by atoms with van der Waals surface area (Å²) in [6, 6.07) is 2.94. The Morgan fingerprint density at radius 2 is 2.42 bits per heavy atom. The summed E-state index contributed by atoms with van der Waals surface area (Å²) in [6.45, 7) is 0. The molecular weight excluding hydrogens is 170 g/mol. The monoisotopic (exact) mass is 179 g/mol. The molecule has 1 N–H and O–H groups in total. The molecule has 3 heteroatoms. The summed E-state index contributed by atoms with van der Waals surface area (Å²) >= 11 is 4.01. The molecule has 12 heavy (non-hydrogen) atoms. The number of nitrogens with one attached hydrogen (secondary N) is 1. The second-order valence-electron chi connectivity index (χ2n) is 2.21. The Labute approximate surface area is 76.4 Å². The fraction of sp³-hybridized carbons (Fsp3) is 0.222. The van der Waals surface area contributed by atoms with Gasteiger partial charge in [-0.1, -0.05) is 5.92 Å². The van der Waals surface area contributed by atoms with Gasteiger partial charge in [0.25, 0.3) is 0 Å². The number of H-pyrrole nitrogens is 1. The van der Waals surface area contributed by atoms with Gasteiger partial charge in [-0.25, -0.2) is 0 Å². The van der Waals surface area contributed by atoms with Crippen LogP contribution in [0.5, 0.6) is 0 Å². The SMILES string of the molecule is O=c1cc[nH]c(C#CCCS)c1. The van der Waals surface area contributed by atoms with E-state index >= 15 is 0 Å². The molecule has 0 aliphatic heterocycles. The van der Waals surface area contributed by atoms with E-state index in [2.05, 4.69) is 29.5 Å². The molecule has 0 aromatic carbocycles. The number of rotatable bonds is 1. The van der Waals surface area contributed by atoms with Crippen molar-refractivity contribution in [2.24, 2.45) is 0 Å². The van der Waals surface area contributed by atoms with Crippen molar-refractivity contribution < 1.29 is 0 Å². The third kappa shape index (κ3) is 2.85. The summed E-state index contributed by atoms with van der Waals surface area (Å²) in [5.74, 6) is 6.45. The molecule has 1 rings (SSSR count). The van der Waals surface area contributed by atoms with E-state index in [1.54, 1.807) is 6.20 Å². The molecule has 1 aromatic heterocycles. The first-order chi connectivity index (χ1) is 5.83. The van der Waals surface area contributed by atoms with E-state index in [-0.39, 0.29) is 5.43 Å². The Kier molecular flexibility index (Phi) is 3.49. The molecule has 0 amide bonds. The normalized spacial score (nSPS) is 8.75. The van der Waals surface area contributed by atoms with Crippen LogP contribution in [0.1, 0.15) is 12.1 Å². The molecule has 0 aliphatic rings. The van der Waals surface area contributed by atoms with Crippen LogP contribution >= 0.6 is 12.6 Å². The van der Waals surface area contributed by atoms with Gasteiger partial charge in [-0.2, -0.15) is 12.6 Å². The molecule has 0 saturated carbocycles. The van der Waals surface area contributed by atoms with Crippen LogP contribution in [0.3, 0.4) is 0 Å². The number of thiol groups is 1. The average molecular weight is 179 g/mol. The Balaban J connectivity index is 2.78. The van der Waals surface area contributed by atoms with E-state index < -0.39 is 0 Å². The van der Waals surface area contributed by atoms with Crippen LogP contribution in [0.15, 0.2) is 23.1 Å². The number of pyridine rings is 1. The highest BCUT2D eigenvalue weighted by atomic mass is 32.1. The standard InChI is InChI=1S/C9H9NOS/c11-9-4-5-10-8(7-9)3-1-2-6-12/h4-5,7,12H,2,6H2,(H,10,11). The lowest BCUT2D eigenvalue weighted by Gasteiger charge is -1.86. The third-order valence-corrected chi connectivity index (χ3v) is 1.46. The molecule has 62 valence electrons. The fourth-order valence-corrected chi connectivity index (χ4v) is 0.843. The van der Waals surface area contributed by atoms with Crippen molar-refractivity contribution >= 4 is 12.6 Å². The van der Waals surface area contributed by atoms with Gasteiger partial charge in [0.05, 0.1) is 5.69 Å². The summed E-state index contributed by atoms with van der Waals surface area (Å²) in [6.07, 6.45) is 2.33. The number of aromatic amines is 1. The largest absolute Gasteiger partial charge is 0.355 e. The van der Waals surface area contributed by atoms with Gasteiger partial charge in [0, 0.05) is 30.5 Å². The van der Waals surface area contributed by atoms with Crippen LogP contribution in [0.25, 0.3) is 0 Å². The number of hydrogen-bond donors (Lipinski definition) is 2. The van der Waals surface area contributed by atoms with Gasteiger partial charge < -0.3 is 4.98 Å². The highest BCUT2D eigenvalue weighted by molar-refractivity contribution is 7.80. The van der Waals surface area contributed by atoms with E-state index in [0.29, 0.717) is 5.69 Å². The molecule has 0 atom stereocenters. The molecule has 0 aliphatic carbocycles. The summed E-state index contributed by atoms with van der Waals surface area (Å²) in [5, 5.41) is 0. The van der Waals surface area contributed by atoms with Gasteiger partial charge in [-0.3, -0.25) is 4.79 Å². The molecule has 0 radical (unpaired) electrons. The summed E-state index contributed by atoms with van der Waals surface area (Å²) in [4.78, 5) is 13.7. The smallest absolute Gasteiger partial charge is 0.182 e. The average Bonchev–Trinajstić information content (AvgIpc) is 2.05. The van der Waals surface area contributed by atoms with Gasteiger partial charge in [0.2, 0.25) is 0 Å². The van der Waals surface area contributed by atoms with Crippen LogP contribution < -0.4 is 5.43 Å². The predicted molar refractivity (Wildman–Crippen MR) is 52.4 cm³/mol. The predicted octanol–water partition coefficient (Wildman–Crippen LogP) is 1.05. The van der Waals surface area contributed by atoms with Crippen molar-refractivity contribution in [3.8, 4) is 11.8 Å². The van der Waals surface area contributed by atoms with Crippen LogP contribution in [0.2, 0.25) is 0 Å². The van der Waals surface area contributed by atoms with Gasteiger partial charge in [0.1, 0.15) is 0 Å².